The quantitative estimate of drug-likeness (QED) is 0.177. The van der Waals surface area contributed by atoms with Gasteiger partial charge in [-0.3, -0.25) is 4.57 Å². The number of para-hydroxylation sites is 4. The molecule has 266 valence electrons. The molecule has 3 heterocycles. The summed E-state index contributed by atoms with van der Waals surface area (Å²) >= 11 is 0. The molecule has 8 aromatic carbocycles. The summed E-state index contributed by atoms with van der Waals surface area (Å²) in [6.07, 6.45) is 0. The average molecular weight is 728 g/mol. The van der Waals surface area contributed by atoms with Gasteiger partial charge < -0.3 is 4.57 Å². The van der Waals surface area contributed by atoms with Gasteiger partial charge in [-0.15, -0.1) is 0 Å². The van der Waals surface area contributed by atoms with E-state index in [0.29, 0.717) is 17.6 Å². The molecule has 57 heavy (non-hydrogen) atoms. The molecule has 0 amide bonds. The van der Waals surface area contributed by atoms with Crippen molar-refractivity contribution in [1.29, 1.82) is 0 Å². The number of hydrogen-bond acceptors (Lipinski definition) is 3. The predicted molar refractivity (Wildman–Crippen MR) is 231 cm³/mol. The third kappa shape index (κ3) is 4.42. The van der Waals surface area contributed by atoms with Gasteiger partial charge >= 0.3 is 0 Å². The molecule has 0 bridgehead atoms. The van der Waals surface area contributed by atoms with Crippen LogP contribution < -0.4 is 0 Å². The molecular formula is C52H33N5. The zero-order valence-corrected chi connectivity index (χ0v) is 30.8. The van der Waals surface area contributed by atoms with Crippen LogP contribution in [0.5, 0.6) is 0 Å². The molecule has 11 aromatic rings. The topological polar surface area (TPSA) is 48.5 Å². The summed E-state index contributed by atoms with van der Waals surface area (Å²) in [7, 11) is 0. The molecule has 0 N–H and O–H groups in total. The van der Waals surface area contributed by atoms with Crippen molar-refractivity contribution in [3.8, 4) is 34.2 Å². The number of nitrogens with zero attached hydrogens (tertiary/aromatic N) is 5. The highest BCUT2D eigenvalue weighted by Crippen LogP contribution is 2.55. The molecule has 0 unspecified atom stereocenters. The monoisotopic (exact) mass is 727 g/mol. The number of hydrogen-bond donors (Lipinski definition) is 0. The van der Waals surface area contributed by atoms with E-state index in [0.717, 1.165) is 71.6 Å². The highest BCUT2D eigenvalue weighted by atomic mass is 15.2. The first-order valence-corrected chi connectivity index (χ1v) is 19.4. The van der Waals surface area contributed by atoms with E-state index in [-0.39, 0.29) is 0 Å². The molecule has 1 aliphatic rings. The van der Waals surface area contributed by atoms with E-state index in [4.69, 9.17) is 15.0 Å². The van der Waals surface area contributed by atoms with Crippen LogP contribution in [0.1, 0.15) is 22.5 Å². The maximum Gasteiger partial charge on any atom is 0.238 e. The molecule has 0 atom stereocenters. The van der Waals surface area contributed by atoms with Crippen LogP contribution in [-0.2, 0) is 5.41 Å². The molecule has 12 rings (SSSR count). The fourth-order valence-electron chi connectivity index (χ4n) is 9.56. The van der Waals surface area contributed by atoms with Gasteiger partial charge in [0.05, 0.1) is 22.1 Å². The minimum atomic E-state index is -0.828. The van der Waals surface area contributed by atoms with Crippen LogP contribution in [0.15, 0.2) is 200 Å². The van der Waals surface area contributed by atoms with Crippen molar-refractivity contribution in [1.82, 2.24) is 24.1 Å². The van der Waals surface area contributed by atoms with Crippen molar-refractivity contribution in [2.24, 2.45) is 0 Å². The Labute approximate surface area is 328 Å². The maximum absolute atomic E-state index is 5.70. The SMILES string of the molecule is c1ccc(-n2c3ccccc3c3c(-c4nc(-n5c6ccccc6c6ccccc65)nc(C5(c6ccccc6)c6ccccc6-c6ccccc65)n4)cccc32)cc1. The van der Waals surface area contributed by atoms with Crippen LogP contribution >= 0.6 is 0 Å². The first kappa shape index (κ1) is 31.7. The van der Waals surface area contributed by atoms with Crippen LogP contribution in [0.3, 0.4) is 0 Å². The first-order chi connectivity index (χ1) is 28.3. The summed E-state index contributed by atoms with van der Waals surface area (Å²) in [5.74, 6) is 1.88. The Balaban J connectivity index is 1.25. The fourth-order valence-corrected chi connectivity index (χ4v) is 9.56. The Morgan fingerprint density at radius 2 is 0.842 bits per heavy atom. The van der Waals surface area contributed by atoms with Crippen LogP contribution in [0.4, 0.5) is 0 Å². The minimum absolute atomic E-state index is 0.577. The summed E-state index contributed by atoms with van der Waals surface area (Å²) in [4.78, 5) is 16.9. The lowest BCUT2D eigenvalue weighted by Crippen LogP contribution is -2.32. The van der Waals surface area contributed by atoms with Gasteiger partial charge in [0.2, 0.25) is 5.95 Å². The van der Waals surface area contributed by atoms with Crippen molar-refractivity contribution in [2.75, 3.05) is 0 Å². The van der Waals surface area contributed by atoms with Gasteiger partial charge in [-0.2, -0.15) is 9.97 Å². The van der Waals surface area contributed by atoms with Crippen LogP contribution in [0, 0.1) is 0 Å². The standard InChI is InChI=1S/C52H33N5/c1-3-18-34(19-4-1)52(42-28-12-7-22-36(42)37-23-8-13-29-43(37)52)50-53-49(54-51(55-50)57-44-30-14-9-24-38(44)39-25-10-15-31-45(39)57)41-27-17-33-47-48(41)40-26-11-16-32-46(40)56(47)35-20-5-2-6-21-35/h1-33H. The van der Waals surface area contributed by atoms with E-state index in [1.54, 1.807) is 0 Å². The van der Waals surface area contributed by atoms with Crippen LogP contribution in [0.2, 0.25) is 0 Å². The number of rotatable bonds is 5. The lowest BCUT2D eigenvalue weighted by Gasteiger charge is -2.32. The number of aromatic nitrogens is 5. The lowest BCUT2D eigenvalue weighted by molar-refractivity contribution is 0.683. The summed E-state index contributed by atoms with van der Waals surface area (Å²) in [5.41, 5.74) is 11.3. The van der Waals surface area contributed by atoms with E-state index < -0.39 is 5.41 Å². The fraction of sp³-hybridized carbons (Fsp3) is 0.0192. The molecule has 0 saturated heterocycles. The maximum atomic E-state index is 5.70. The van der Waals surface area contributed by atoms with Crippen LogP contribution in [0.25, 0.3) is 77.8 Å². The van der Waals surface area contributed by atoms with Gasteiger partial charge in [0.1, 0.15) is 5.41 Å². The Bertz CT molecular complexity index is 3260. The van der Waals surface area contributed by atoms with Crippen LogP contribution in [-0.4, -0.2) is 24.1 Å². The molecule has 0 spiro atoms. The number of benzene rings is 8. The van der Waals surface area contributed by atoms with Gasteiger partial charge in [0.15, 0.2) is 11.6 Å². The van der Waals surface area contributed by atoms with Crippen molar-refractivity contribution < 1.29 is 0 Å². The molecule has 0 fully saturated rings. The van der Waals surface area contributed by atoms with Gasteiger partial charge in [-0.25, -0.2) is 4.98 Å². The zero-order chi connectivity index (χ0) is 37.5. The molecular weight excluding hydrogens is 695 g/mol. The Morgan fingerprint density at radius 1 is 0.351 bits per heavy atom. The second-order valence-electron chi connectivity index (χ2n) is 14.7. The summed E-state index contributed by atoms with van der Waals surface area (Å²) < 4.78 is 4.57. The Kier molecular flexibility index (Phi) is 6.78. The second kappa shape index (κ2) is 12.2. The van der Waals surface area contributed by atoms with Gasteiger partial charge in [0, 0.05) is 32.8 Å². The van der Waals surface area contributed by atoms with E-state index in [1.807, 2.05) is 0 Å². The third-order valence-electron chi connectivity index (χ3n) is 11.9. The lowest BCUT2D eigenvalue weighted by atomic mass is 9.71. The molecule has 5 heteroatoms. The summed E-state index contributed by atoms with van der Waals surface area (Å²) in [5, 5.41) is 4.54. The Hall–Kier alpha value is -7.63. The van der Waals surface area contributed by atoms with Crippen molar-refractivity contribution in [3.63, 3.8) is 0 Å². The molecule has 0 radical (unpaired) electrons. The highest BCUT2D eigenvalue weighted by molar-refractivity contribution is 6.15. The molecule has 1 aliphatic carbocycles. The smallest absolute Gasteiger partial charge is 0.238 e. The number of fused-ring (bicyclic) bond motifs is 9. The zero-order valence-electron chi connectivity index (χ0n) is 30.8. The van der Waals surface area contributed by atoms with E-state index in [9.17, 15) is 0 Å². The second-order valence-corrected chi connectivity index (χ2v) is 14.7. The molecule has 0 aliphatic heterocycles. The average Bonchev–Trinajstić information content (AvgIpc) is 3.91. The highest BCUT2D eigenvalue weighted by Gasteiger charge is 2.49. The Morgan fingerprint density at radius 3 is 1.49 bits per heavy atom. The molecule has 3 aromatic heterocycles. The predicted octanol–water partition coefficient (Wildman–Crippen LogP) is 12.1. The molecule has 5 nitrogen and oxygen atoms in total. The van der Waals surface area contributed by atoms with Crippen molar-refractivity contribution >= 4 is 43.6 Å². The largest absolute Gasteiger partial charge is 0.309 e. The van der Waals surface area contributed by atoms with Crippen molar-refractivity contribution in [3.05, 3.63) is 223 Å². The van der Waals surface area contributed by atoms with Gasteiger partial charge in [-0.05, 0) is 64.2 Å². The third-order valence-corrected chi connectivity index (χ3v) is 11.9. The van der Waals surface area contributed by atoms with E-state index >= 15 is 0 Å². The molecule has 0 saturated carbocycles. The van der Waals surface area contributed by atoms with E-state index in [1.165, 1.54) is 11.1 Å². The summed E-state index contributed by atoms with van der Waals surface area (Å²) in [6, 6.07) is 71.1. The summed E-state index contributed by atoms with van der Waals surface area (Å²) in [6.45, 7) is 0. The van der Waals surface area contributed by atoms with Crippen molar-refractivity contribution in [2.45, 2.75) is 5.41 Å². The minimum Gasteiger partial charge on any atom is -0.309 e. The van der Waals surface area contributed by atoms with Gasteiger partial charge in [0.25, 0.3) is 0 Å². The normalized spacial score (nSPS) is 13.1. The first-order valence-electron chi connectivity index (χ1n) is 19.4. The van der Waals surface area contributed by atoms with Gasteiger partial charge in [-0.1, -0.05) is 164 Å². The van der Waals surface area contributed by atoms with E-state index in [2.05, 4.69) is 209 Å².